The van der Waals surface area contributed by atoms with Gasteiger partial charge in [-0.2, -0.15) is 0 Å². The molecule has 1 heterocycles. The van der Waals surface area contributed by atoms with E-state index >= 15 is 0 Å². The molecule has 0 radical (unpaired) electrons. The number of rotatable bonds is 0. The largest absolute Gasteiger partial charge is 0.512 e. The Hall–Kier alpha value is -0.990. The first-order valence-corrected chi connectivity index (χ1v) is 5.38. The molecule has 0 saturated heterocycles. The molecule has 3 nitrogen and oxygen atoms in total. The van der Waals surface area contributed by atoms with Gasteiger partial charge in [-0.25, -0.2) is 4.79 Å². The van der Waals surface area contributed by atoms with Crippen LogP contribution < -0.4 is 0 Å². The molecule has 0 aromatic carbocycles. The SMILES string of the molecule is O=C1C=C(O)C2CCCCCCC2O1. The number of aliphatic hydroxyl groups excluding tert-OH is 1. The van der Waals surface area contributed by atoms with E-state index in [1.54, 1.807) is 0 Å². The number of carbonyl (C=O) groups excluding carboxylic acids is 1. The average Bonchev–Trinajstić information content (AvgIpc) is 2.07. The highest BCUT2D eigenvalue weighted by Gasteiger charge is 2.32. The zero-order chi connectivity index (χ0) is 9.97. The lowest BCUT2D eigenvalue weighted by atomic mass is 9.86. The minimum atomic E-state index is -0.385. The van der Waals surface area contributed by atoms with E-state index in [1.807, 2.05) is 0 Å². The van der Waals surface area contributed by atoms with Crippen LogP contribution in [0.4, 0.5) is 0 Å². The van der Waals surface area contributed by atoms with E-state index in [1.165, 1.54) is 18.9 Å². The topological polar surface area (TPSA) is 46.5 Å². The highest BCUT2D eigenvalue weighted by molar-refractivity contribution is 5.83. The molecule has 2 rings (SSSR count). The van der Waals surface area contributed by atoms with E-state index in [4.69, 9.17) is 4.74 Å². The van der Waals surface area contributed by atoms with Crippen molar-refractivity contribution in [2.24, 2.45) is 5.92 Å². The van der Waals surface area contributed by atoms with Gasteiger partial charge in [-0.3, -0.25) is 0 Å². The number of fused-ring (bicyclic) bond motifs is 1. The second kappa shape index (κ2) is 4.03. The molecular weight excluding hydrogens is 180 g/mol. The zero-order valence-corrected chi connectivity index (χ0v) is 8.24. The number of hydrogen-bond donors (Lipinski definition) is 1. The fourth-order valence-corrected chi connectivity index (χ4v) is 2.34. The number of esters is 1. The van der Waals surface area contributed by atoms with Crippen LogP contribution in [0.5, 0.6) is 0 Å². The van der Waals surface area contributed by atoms with Crippen molar-refractivity contribution in [2.75, 3.05) is 0 Å². The number of aliphatic hydroxyl groups is 1. The Balaban J connectivity index is 2.12. The summed E-state index contributed by atoms with van der Waals surface area (Å²) in [6, 6.07) is 0. The predicted octanol–water partition coefficient (Wildman–Crippen LogP) is 2.32. The summed E-state index contributed by atoms with van der Waals surface area (Å²) in [6.07, 6.45) is 7.65. The Morgan fingerprint density at radius 2 is 1.93 bits per heavy atom. The first-order valence-electron chi connectivity index (χ1n) is 5.38. The molecule has 1 fully saturated rings. The van der Waals surface area contributed by atoms with Crippen LogP contribution in [0.25, 0.3) is 0 Å². The normalized spacial score (nSPS) is 33.4. The third kappa shape index (κ3) is 1.91. The lowest BCUT2D eigenvalue weighted by Gasteiger charge is -2.31. The Morgan fingerprint density at radius 3 is 2.71 bits per heavy atom. The van der Waals surface area contributed by atoms with Crippen molar-refractivity contribution in [3.8, 4) is 0 Å². The highest BCUT2D eigenvalue weighted by Crippen LogP contribution is 2.32. The van der Waals surface area contributed by atoms with Gasteiger partial charge in [0, 0.05) is 0 Å². The van der Waals surface area contributed by atoms with Crippen LogP contribution >= 0.6 is 0 Å². The molecule has 0 spiro atoms. The smallest absolute Gasteiger partial charge is 0.334 e. The van der Waals surface area contributed by atoms with Crippen LogP contribution in [0.2, 0.25) is 0 Å². The van der Waals surface area contributed by atoms with Crippen molar-refractivity contribution in [1.29, 1.82) is 0 Å². The molecule has 1 aliphatic heterocycles. The average molecular weight is 196 g/mol. The molecule has 2 atom stereocenters. The Labute approximate surface area is 83.8 Å². The molecule has 3 heteroatoms. The van der Waals surface area contributed by atoms with Gasteiger partial charge >= 0.3 is 5.97 Å². The lowest BCUT2D eigenvalue weighted by molar-refractivity contribution is -0.149. The molecule has 0 aromatic rings. The fraction of sp³-hybridized carbons (Fsp3) is 0.727. The highest BCUT2D eigenvalue weighted by atomic mass is 16.5. The molecule has 78 valence electrons. The Morgan fingerprint density at radius 1 is 1.21 bits per heavy atom. The maximum absolute atomic E-state index is 11.1. The van der Waals surface area contributed by atoms with E-state index in [2.05, 4.69) is 0 Å². The van der Waals surface area contributed by atoms with E-state index in [-0.39, 0.29) is 23.8 Å². The first-order chi connectivity index (χ1) is 6.77. The van der Waals surface area contributed by atoms with Gasteiger partial charge in [0.25, 0.3) is 0 Å². The monoisotopic (exact) mass is 196 g/mol. The lowest BCUT2D eigenvalue weighted by Crippen LogP contribution is -2.33. The van der Waals surface area contributed by atoms with Crippen molar-refractivity contribution in [2.45, 2.75) is 44.6 Å². The summed E-state index contributed by atoms with van der Waals surface area (Å²) in [5, 5.41) is 9.65. The summed E-state index contributed by atoms with van der Waals surface area (Å²) in [5.74, 6) is -0.0922. The van der Waals surface area contributed by atoms with Gasteiger partial charge < -0.3 is 9.84 Å². The Kier molecular flexibility index (Phi) is 2.75. The van der Waals surface area contributed by atoms with Crippen molar-refractivity contribution in [1.82, 2.24) is 0 Å². The third-order valence-electron chi connectivity index (χ3n) is 3.12. The first kappa shape index (κ1) is 9.56. The van der Waals surface area contributed by atoms with Crippen LogP contribution in [0.3, 0.4) is 0 Å². The van der Waals surface area contributed by atoms with Gasteiger partial charge in [0.05, 0.1) is 12.0 Å². The molecule has 1 saturated carbocycles. The molecule has 1 aliphatic carbocycles. The maximum Gasteiger partial charge on any atom is 0.334 e. The molecule has 0 amide bonds. The second-order valence-corrected chi connectivity index (χ2v) is 4.14. The van der Waals surface area contributed by atoms with Gasteiger partial charge in [0.1, 0.15) is 11.9 Å². The van der Waals surface area contributed by atoms with Crippen LogP contribution in [0.1, 0.15) is 38.5 Å². The van der Waals surface area contributed by atoms with Gasteiger partial charge in [-0.1, -0.05) is 19.3 Å². The third-order valence-corrected chi connectivity index (χ3v) is 3.12. The molecule has 0 aromatic heterocycles. The zero-order valence-electron chi connectivity index (χ0n) is 8.24. The quantitative estimate of drug-likeness (QED) is 0.605. The summed E-state index contributed by atoms with van der Waals surface area (Å²) in [5.41, 5.74) is 0. The van der Waals surface area contributed by atoms with Crippen LogP contribution in [0, 0.1) is 5.92 Å². The van der Waals surface area contributed by atoms with Crippen LogP contribution in [0.15, 0.2) is 11.8 Å². The van der Waals surface area contributed by atoms with E-state index in [0.29, 0.717) is 0 Å². The number of ether oxygens (including phenoxy) is 1. The molecule has 2 unspecified atom stereocenters. The molecule has 1 N–H and O–H groups in total. The number of hydrogen-bond acceptors (Lipinski definition) is 3. The summed E-state index contributed by atoms with van der Waals surface area (Å²) in [4.78, 5) is 11.1. The van der Waals surface area contributed by atoms with Gasteiger partial charge in [-0.05, 0) is 19.3 Å². The fourth-order valence-electron chi connectivity index (χ4n) is 2.34. The molecule has 2 aliphatic rings. The summed E-state index contributed by atoms with van der Waals surface area (Å²) < 4.78 is 5.22. The summed E-state index contributed by atoms with van der Waals surface area (Å²) in [7, 11) is 0. The maximum atomic E-state index is 11.1. The summed E-state index contributed by atoms with van der Waals surface area (Å²) >= 11 is 0. The van der Waals surface area contributed by atoms with E-state index in [0.717, 1.165) is 25.7 Å². The molecule has 0 bridgehead atoms. The van der Waals surface area contributed by atoms with Crippen molar-refractivity contribution >= 4 is 5.97 Å². The minimum absolute atomic E-state index is 0.0630. The summed E-state index contributed by atoms with van der Waals surface area (Å²) in [6.45, 7) is 0. The molecule has 14 heavy (non-hydrogen) atoms. The van der Waals surface area contributed by atoms with Gasteiger partial charge in [0.2, 0.25) is 0 Å². The minimum Gasteiger partial charge on any atom is -0.512 e. The van der Waals surface area contributed by atoms with Crippen molar-refractivity contribution in [3.05, 3.63) is 11.8 Å². The van der Waals surface area contributed by atoms with Crippen molar-refractivity contribution < 1.29 is 14.6 Å². The van der Waals surface area contributed by atoms with Crippen molar-refractivity contribution in [3.63, 3.8) is 0 Å². The van der Waals surface area contributed by atoms with Crippen LogP contribution in [-0.2, 0) is 9.53 Å². The van der Waals surface area contributed by atoms with Gasteiger partial charge in [0.15, 0.2) is 0 Å². The van der Waals surface area contributed by atoms with E-state index in [9.17, 15) is 9.90 Å². The van der Waals surface area contributed by atoms with E-state index < -0.39 is 0 Å². The predicted molar refractivity (Wildman–Crippen MR) is 51.8 cm³/mol. The standard InChI is InChI=1S/C11H16O3/c12-9-7-11(13)14-10-6-4-2-1-3-5-8(9)10/h7-8,10,12H,1-6H2. The Bertz CT molecular complexity index is 257. The second-order valence-electron chi connectivity index (χ2n) is 4.14. The van der Waals surface area contributed by atoms with Gasteiger partial charge in [-0.15, -0.1) is 0 Å². The molecular formula is C11H16O3. The van der Waals surface area contributed by atoms with Crippen LogP contribution in [-0.4, -0.2) is 17.2 Å². The number of carbonyl (C=O) groups is 1.